The highest BCUT2D eigenvalue weighted by atomic mass is 15.3. The van der Waals surface area contributed by atoms with Gasteiger partial charge in [-0.2, -0.15) is 0 Å². The van der Waals surface area contributed by atoms with E-state index in [1.807, 2.05) is 6.20 Å². The fourth-order valence-electron chi connectivity index (χ4n) is 2.43. The van der Waals surface area contributed by atoms with Gasteiger partial charge in [-0.1, -0.05) is 31.9 Å². The van der Waals surface area contributed by atoms with Crippen LogP contribution in [0.4, 0.5) is 0 Å². The topological polar surface area (TPSA) is 41.3 Å². The molecule has 1 aliphatic rings. The zero-order valence-corrected chi connectivity index (χ0v) is 12.5. The van der Waals surface area contributed by atoms with Gasteiger partial charge in [0.1, 0.15) is 0 Å². The van der Waals surface area contributed by atoms with Crippen LogP contribution in [0, 0.1) is 0 Å². The minimum atomic E-state index is 0.470. The molecule has 0 aromatic carbocycles. The van der Waals surface area contributed by atoms with Crippen molar-refractivity contribution in [2.75, 3.05) is 13.1 Å². The van der Waals surface area contributed by atoms with Gasteiger partial charge in [0.15, 0.2) is 0 Å². The van der Waals surface area contributed by atoms with E-state index in [-0.39, 0.29) is 0 Å². The van der Waals surface area contributed by atoms with Crippen LogP contribution in [-0.2, 0) is 0 Å². The van der Waals surface area contributed by atoms with Crippen LogP contribution in [0.5, 0.6) is 0 Å². The summed E-state index contributed by atoms with van der Waals surface area (Å²) in [6.45, 7) is 3.93. The molecule has 3 N–H and O–H groups in total. The zero-order chi connectivity index (χ0) is 13.8. The molecule has 3 nitrogen and oxygen atoms in total. The van der Waals surface area contributed by atoms with Gasteiger partial charge >= 0.3 is 0 Å². The Kier molecular flexibility index (Phi) is 9.25. The van der Waals surface area contributed by atoms with Gasteiger partial charge in [0.05, 0.1) is 6.17 Å². The molecule has 110 valence electrons. The van der Waals surface area contributed by atoms with Crippen LogP contribution in [0.2, 0.25) is 0 Å². The number of hydrogen-bond donors (Lipinski definition) is 2. The molecule has 1 aliphatic heterocycles. The van der Waals surface area contributed by atoms with E-state index in [2.05, 4.69) is 35.5 Å². The highest BCUT2D eigenvalue weighted by Gasteiger charge is 2.16. The quantitative estimate of drug-likeness (QED) is 0.445. The second kappa shape index (κ2) is 10.9. The summed E-state index contributed by atoms with van der Waals surface area (Å²) in [6.07, 6.45) is 19.6. The molecule has 0 aliphatic carbocycles. The lowest BCUT2D eigenvalue weighted by Crippen LogP contribution is -2.37. The van der Waals surface area contributed by atoms with E-state index in [0.29, 0.717) is 6.17 Å². The molecule has 1 atom stereocenters. The maximum absolute atomic E-state index is 5.60. The molecule has 0 aromatic heterocycles. The predicted molar refractivity (Wildman–Crippen MR) is 83.6 cm³/mol. The fourth-order valence-corrected chi connectivity index (χ4v) is 2.43. The average molecular weight is 265 g/mol. The summed E-state index contributed by atoms with van der Waals surface area (Å²) in [5.74, 6) is 0. The maximum atomic E-state index is 5.60. The Hall–Kier alpha value is -0.960. The first-order valence-corrected chi connectivity index (χ1v) is 7.92. The van der Waals surface area contributed by atoms with Crippen LogP contribution in [0.25, 0.3) is 0 Å². The Morgan fingerprint density at radius 3 is 2.58 bits per heavy atom. The van der Waals surface area contributed by atoms with E-state index in [1.54, 1.807) is 0 Å². The van der Waals surface area contributed by atoms with E-state index >= 15 is 0 Å². The Bertz CT molecular complexity index is 261. The van der Waals surface area contributed by atoms with Gasteiger partial charge in [0.25, 0.3) is 0 Å². The predicted octanol–water partition coefficient (Wildman–Crippen LogP) is 3.34. The Morgan fingerprint density at radius 2 is 1.89 bits per heavy atom. The van der Waals surface area contributed by atoms with Crippen LogP contribution >= 0.6 is 0 Å². The molecule has 0 spiro atoms. The largest absolute Gasteiger partial charge is 0.370 e. The number of allylic oxidation sites excluding steroid dienone is 2. The van der Waals surface area contributed by atoms with Gasteiger partial charge < -0.3 is 16.0 Å². The summed E-state index contributed by atoms with van der Waals surface area (Å²) in [6, 6.07) is 0. The second-order valence-corrected chi connectivity index (χ2v) is 5.28. The lowest BCUT2D eigenvalue weighted by molar-refractivity contribution is 0.265. The summed E-state index contributed by atoms with van der Waals surface area (Å²) in [5.41, 5.74) is 5.60. The highest BCUT2D eigenvalue weighted by molar-refractivity contribution is 4.94. The van der Waals surface area contributed by atoms with Gasteiger partial charge in [-0.05, 0) is 38.5 Å². The number of nitrogens with one attached hydrogen (secondary N) is 1. The number of hydrogen-bond acceptors (Lipinski definition) is 3. The van der Waals surface area contributed by atoms with Gasteiger partial charge in [-0.3, -0.25) is 0 Å². The van der Waals surface area contributed by atoms with Crippen LogP contribution in [0.3, 0.4) is 0 Å². The first-order chi connectivity index (χ1) is 9.38. The van der Waals surface area contributed by atoms with Crippen LogP contribution < -0.4 is 11.1 Å². The zero-order valence-electron chi connectivity index (χ0n) is 12.5. The van der Waals surface area contributed by atoms with Crippen molar-refractivity contribution in [3.05, 3.63) is 24.6 Å². The van der Waals surface area contributed by atoms with Crippen molar-refractivity contribution in [1.29, 1.82) is 0 Å². The molecule has 1 unspecified atom stereocenters. The smallest absolute Gasteiger partial charge is 0.0981 e. The molecule has 0 saturated heterocycles. The molecule has 0 saturated carbocycles. The Labute approximate surface area is 118 Å². The lowest BCUT2D eigenvalue weighted by atomic mass is 10.1. The van der Waals surface area contributed by atoms with Crippen LogP contribution in [0.15, 0.2) is 24.6 Å². The molecular formula is C16H31N3. The number of unbranched alkanes of at least 4 members (excludes halogenated alkanes) is 5. The van der Waals surface area contributed by atoms with E-state index in [0.717, 1.165) is 13.1 Å². The first-order valence-electron chi connectivity index (χ1n) is 7.92. The summed E-state index contributed by atoms with van der Waals surface area (Å²) in [7, 11) is 0. The average Bonchev–Trinajstić information content (AvgIpc) is 2.85. The minimum absolute atomic E-state index is 0.470. The van der Waals surface area contributed by atoms with Gasteiger partial charge in [-0.15, -0.1) is 0 Å². The fraction of sp³-hybridized carbons (Fsp3) is 0.750. The van der Waals surface area contributed by atoms with Crippen molar-refractivity contribution in [2.24, 2.45) is 5.73 Å². The van der Waals surface area contributed by atoms with Crippen LogP contribution in [0.1, 0.15) is 58.3 Å². The Morgan fingerprint density at radius 1 is 1.16 bits per heavy atom. The summed E-state index contributed by atoms with van der Waals surface area (Å²) in [4.78, 5) is 2.31. The van der Waals surface area contributed by atoms with E-state index < -0.39 is 0 Å². The minimum Gasteiger partial charge on any atom is -0.370 e. The highest BCUT2D eigenvalue weighted by Crippen LogP contribution is 2.12. The monoisotopic (exact) mass is 265 g/mol. The van der Waals surface area contributed by atoms with Crippen molar-refractivity contribution < 1.29 is 0 Å². The standard InChI is InChI=1S/C16H31N3/c1-2-3-4-5-6-7-8-9-10-11-16-18-13-15-19(16)14-12-17/h6-7,13,15-16,18H,2-5,8-12,14,17H2,1H3/b7-6+. The third kappa shape index (κ3) is 7.26. The third-order valence-electron chi connectivity index (χ3n) is 3.58. The first kappa shape index (κ1) is 16.1. The summed E-state index contributed by atoms with van der Waals surface area (Å²) in [5, 5.41) is 3.39. The van der Waals surface area contributed by atoms with E-state index in [1.165, 1.54) is 51.4 Å². The number of nitrogens with two attached hydrogens (primary N) is 1. The summed E-state index contributed by atoms with van der Waals surface area (Å²) < 4.78 is 0. The summed E-state index contributed by atoms with van der Waals surface area (Å²) >= 11 is 0. The molecule has 1 rings (SSSR count). The second-order valence-electron chi connectivity index (χ2n) is 5.28. The van der Waals surface area contributed by atoms with Crippen molar-refractivity contribution >= 4 is 0 Å². The van der Waals surface area contributed by atoms with Crippen molar-refractivity contribution in [1.82, 2.24) is 10.2 Å². The Balaban J connectivity index is 1.96. The van der Waals surface area contributed by atoms with Gasteiger partial charge in [0, 0.05) is 25.5 Å². The molecular weight excluding hydrogens is 234 g/mol. The SMILES string of the molecule is CCCCC/C=C/CCCCC1NC=CN1CCN. The molecule has 0 bridgehead atoms. The normalized spacial score (nSPS) is 18.4. The van der Waals surface area contributed by atoms with Crippen molar-refractivity contribution in [3.8, 4) is 0 Å². The van der Waals surface area contributed by atoms with Gasteiger partial charge in [-0.25, -0.2) is 0 Å². The van der Waals surface area contributed by atoms with E-state index in [4.69, 9.17) is 5.73 Å². The van der Waals surface area contributed by atoms with Crippen molar-refractivity contribution in [2.45, 2.75) is 64.5 Å². The van der Waals surface area contributed by atoms with Crippen molar-refractivity contribution in [3.63, 3.8) is 0 Å². The molecule has 1 heterocycles. The molecule has 0 aromatic rings. The molecule has 0 fully saturated rings. The number of nitrogens with zero attached hydrogens (tertiary/aromatic N) is 1. The molecule has 19 heavy (non-hydrogen) atoms. The molecule has 0 radical (unpaired) electrons. The molecule has 3 heteroatoms. The van der Waals surface area contributed by atoms with Crippen LogP contribution in [-0.4, -0.2) is 24.2 Å². The van der Waals surface area contributed by atoms with E-state index in [9.17, 15) is 0 Å². The molecule has 0 amide bonds. The third-order valence-corrected chi connectivity index (χ3v) is 3.58. The van der Waals surface area contributed by atoms with Gasteiger partial charge in [0.2, 0.25) is 0 Å². The number of rotatable bonds is 11. The maximum Gasteiger partial charge on any atom is 0.0981 e. The lowest BCUT2D eigenvalue weighted by Gasteiger charge is -2.24.